The molecule has 3 amide bonds. The van der Waals surface area contributed by atoms with Gasteiger partial charge in [-0.3, -0.25) is 9.59 Å². The van der Waals surface area contributed by atoms with Gasteiger partial charge in [0, 0.05) is 37.8 Å². The number of rotatable bonds is 10. The number of piperidine rings is 1. The number of carboxylic acid groups (broad SMARTS) is 1. The number of nitrogens with one attached hydrogen (secondary N) is 1. The van der Waals surface area contributed by atoms with Crippen LogP contribution in [0.1, 0.15) is 83.4 Å². The van der Waals surface area contributed by atoms with Crippen molar-refractivity contribution >= 4 is 23.7 Å². The monoisotopic (exact) mass is 490 g/mol. The molecule has 0 bridgehead atoms. The number of likely N-dealkylation sites (tertiary alicyclic amines) is 1. The fourth-order valence-corrected chi connectivity index (χ4v) is 4.22. The van der Waals surface area contributed by atoms with Gasteiger partial charge in [-0.05, 0) is 18.8 Å². The summed E-state index contributed by atoms with van der Waals surface area (Å²) in [4.78, 5) is 49.7. The number of nitrogens with two attached hydrogens (primary N) is 1. The lowest BCUT2D eigenvalue weighted by Crippen LogP contribution is -2.56. The van der Waals surface area contributed by atoms with Crippen LogP contribution in [0.4, 0.5) is 10.6 Å². The second-order valence-corrected chi connectivity index (χ2v) is 10.9. The van der Waals surface area contributed by atoms with Crippen LogP contribution in [0, 0.1) is 11.8 Å². The van der Waals surface area contributed by atoms with E-state index in [0.717, 1.165) is 19.3 Å². The topological polar surface area (TPSA) is 142 Å². The number of hydrogen-bond donors (Lipinski definition) is 3. The second kappa shape index (κ2) is 12.2. The third kappa shape index (κ3) is 7.80. The first-order chi connectivity index (χ1) is 16.3. The molecule has 1 fully saturated rings. The van der Waals surface area contributed by atoms with Gasteiger partial charge in [0.2, 0.25) is 5.91 Å². The maximum absolute atomic E-state index is 13.9. The summed E-state index contributed by atoms with van der Waals surface area (Å²) in [5.74, 6) is -0.255. The van der Waals surface area contributed by atoms with Crippen molar-refractivity contribution in [3.8, 4) is 0 Å². The van der Waals surface area contributed by atoms with Gasteiger partial charge in [-0.2, -0.15) is 0 Å². The number of nitrogens with zero attached hydrogens (tertiary/aromatic N) is 4. The number of hydrogen-bond acceptors (Lipinski definition) is 6. The molecule has 0 radical (unpaired) electrons. The van der Waals surface area contributed by atoms with E-state index in [1.54, 1.807) is 11.1 Å². The van der Waals surface area contributed by atoms with Gasteiger partial charge in [0.15, 0.2) is 0 Å². The lowest BCUT2D eigenvalue weighted by atomic mass is 9.92. The first-order valence-corrected chi connectivity index (χ1v) is 12.5. The highest BCUT2D eigenvalue weighted by Crippen LogP contribution is 2.27. The van der Waals surface area contributed by atoms with E-state index >= 15 is 0 Å². The molecule has 2 heterocycles. The van der Waals surface area contributed by atoms with Gasteiger partial charge in [-0.25, -0.2) is 14.8 Å². The number of aromatic nitrogens is 2. The zero-order valence-electron chi connectivity index (χ0n) is 22.0. The Morgan fingerprint density at radius 1 is 1.26 bits per heavy atom. The number of unbranched alkanes of at least 4 members (excludes halogenated alkanes) is 2. The number of carbonyl (C=O) groups excluding carboxylic acids is 2. The SMILES string of the molecule is CCCCCNc1nc(C(C)(C)C)ncc1C(=O)N(CC(C)C)[C@H]1C[C@@H](C(N)=O)CN(C(=O)O)C1. The normalized spacial score (nSPS) is 18.4. The Kier molecular flexibility index (Phi) is 9.85. The van der Waals surface area contributed by atoms with Gasteiger partial charge in [0.1, 0.15) is 17.2 Å². The quantitative estimate of drug-likeness (QED) is 0.427. The van der Waals surface area contributed by atoms with Crippen LogP contribution in [0.5, 0.6) is 0 Å². The zero-order valence-corrected chi connectivity index (χ0v) is 22.0. The highest BCUT2D eigenvalue weighted by atomic mass is 16.4. The molecule has 0 aromatic carbocycles. The summed E-state index contributed by atoms with van der Waals surface area (Å²) in [6.07, 6.45) is 3.84. The van der Waals surface area contributed by atoms with Crippen LogP contribution in [0.25, 0.3) is 0 Å². The maximum atomic E-state index is 13.9. The predicted molar refractivity (Wildman–Crippen MR) is 135 cm³/mol. The molecule has 0 aliphatic carbocycles. The summed E-state index contributed by atoms with van der Waals surface area (Å²) in [6, 6.07) is -0.484. The molecule has 4 N–H and O–H groups in total. The summed E-state index contributed by atoms with van der Waals surface area (Å²) >= 11 is 0. The van der Waals surface area contributed by atoms with Crippen LogP contribution in [-0.4, -0.2) is 75.0 Å². The van der Waals surface area contributed by atoms with Crippen molar-refractivity contribution in [1.82, 2.24) is 19.8 Å². The Morgan fingerprint density at radius 3 is 2.49 bits per heavy atom. The average Bonchev–Trinajstić information content (AvgIpc) is 2.78. The zero-order chi connectivity index (χ0) is 26.3. The molecular formula is C25H42N6O4. The molecule has 1 aliphatic rings. The number of anilines is 1. The minimum Gasteiger partial charge on any atom is -0.465 e. The number of carbonyl (C=O) groups is 3. The van der Waals surface area contributed by atoms with Crippen LogP contribution in [0.15, 0.2) is 6.20 Å². The Balaban J connectivity index is 2.45. The Hall–Kier alpha value is -2.91. The first-order valence-electron chi connectivity index (χ1n) is 12.5. The van der Waals surface area contributed by atoms with E-state index in [0.29, 0.717) is 36.7 Å². The van der Waals surface area contributed by atoms with Crippen molar-refractivity contribution in [2.45, 2.75) is 78.7 Å². The van der Waals surface area contributed by atoms with E-state index in [2.05, 4.69) is 17.2 Å². The summed E-state index contributed by atoms with van der Waals surface area (Å²) in [7, 11) is 0. The third-order valence-electron chi connectivity index (χ3n) is 6.13. The van der Waals surface area contributed by atoms with Gasteiger partial charge in [-0.1, -0.05) is 54.4 Å². The molecule has 10 heteroatoms. The number of primary amides is 1. The van der Waals surface area contributed by atoms with E-state index in [-0.39, 0.29) is 30.3 Å². The molecule has 2 rings (SSSR count). The fourth-order valence-electron chi connectivity index (χ4n) is 4.22. The van der Waals surface area contributed by atoms with Crippen molar-refractivity contribution in [2.75, 3.05) is 31.5 Å². The Morgan fingerprint density at radius 2 is 1.94 bits per heavy atom. The molecule has 0 unspecified atom stereocenters. The molecule has 2 atom stereocenters. The molecule has 196 valence electrons. The van der Waals surface area contributed by atoms with Crippen LogP contribution in [-0.2, 0) is 10.2 Å². The van der Waals surface area contributed by atoms with E-state index in [1.165, 1.54) is 4.90 Å². The molecule has 0 spiro atoms. The molecule has 0 saturated carbocycles. The molecule has 10 nitrogen and oxygen atoms in total. The third-order valence-corrected chi connectivity index (χ3v) is 6.13. The highest BCUT2D eigenvalue weighted by Gasteiger charge is 2.38. The van der Waals surface area contributed by atoms with Crippen molar-refractivity contribution < 1.29 is 19.5 Å². The molecule has 1 saturated heterocycles. The summed E-state index contributed by atoms with van der Waals surface area (Å²) in [6.45, 7) is 13.4. The Labute approximate surface area is 208 Å². The van der Waals surface area contributed by atoms with Crippen molar-refractivity contribution in [2.24, 2.45) is 17.6 Å². The highest BCUT2D eigenvalue weighted by molar-refractivity contribution is 5.98. The van der Waals surface area contributed by atoms with E-state index < -0.39 is 24.0 Å². The summed E-state index contributed by atoms with van der Waals surface area (Å²) in [5, 5.41) is 12.9. The van der Waals surface area contributed by atoms with Crippen molar-refractivity contribution in [3.63, 3.8) is 0 Å². The van der Waals surface area contributed by atoms with E-state index in [1.807, 2.05) is 34.6 Å². The predicted octanol–water partition coefficient (Wildman–Crippen LogP) is 3.33. The smallest absolute Gasteiger partial charge is 0.407 e. The lowest BCUT2D eigenvalue weighted by molar-refractivity contribution is -0.124. The largest absolute Gasteiger partial charge is 0.465 e. The van der Waals surface area contributed by atoms with Gasteiger partial charge in [0.05, 0.1) is 12.0 Å². The summed E-state index contributed by atoms with van der Waals surface area (Å²) in [5.41, 5.74) is 5.60. The van der Waals surface area contributed by atoms with Crippen LogP contribution >= 0.6 is 0 Å². The second-order valence-electron chi connectivity index (χ2n) is 10.9. The van der Waals surface area contributed by atoms with Crippen LogP contribution in [0.2, 0.25) is 0 Å². The lowest BCUT2D eigenvalue weighted by Gasteiger charge is -2.41. The van der Waals surface area contributed by atoms with E-state index in [4.69, 9.17) is 10.7 Å². The average molecular weight is 491 g/mol. The van der Waals surface area contributed by atoms with Crippen molar-refractivity contribution in [3.05, 3.63) is 17.6 Å². The van der Waals surface area contributed by atoms with Crippen LogP contribution in [0.3, 0.4) is 0 Å². The molecule has 1 aromatic rings. The minimum atomic E-state index is -1.13. The van der Waals surface area contributed by atoms with Gasteiger partial charge < -0.3 is 26.0 Å². The van der Waals surface area contributed by atoms with Gasteiger partial charge >= 0.3 is 6.09 Å². The minimum absolute atomic E-state index is 0.0402. The molecule has 1 aliphatic heterocycles. The fraction of sp³-hybridized carbons (Fsp3) is 0.720. The Bertz CT molecular complexity index is 876. The molecule has 1 aromatic heterocycles. The molecule has 35 heavy (non-hydrogen) atoms. The van der Waals surface area contributed by atoms with Crippen molar-refractivity contribution in [1.29, 1.82) is 0 Å². The standard InChI is InChI=1S/C25H42N6O4/c1-7-8-9-10-27-21-19(12-28-23(29-21)25(4,5)6)22(33)31(13-16(2)3)18-11-17(20(26)32)14-30(15-18)24(34)35/h12,16-18H,7-11,13-15H2,1-6H3,(H2,26,32)(H,34,35)(H,27,28,29)/t17-,18+/m1/s1. The van der Waals surface area contributed by atoms with Gasteiger partial charge in [0.25, 0.3) is 5.91 Å². The first kappa shape index (κ1) is 28.3. The number of amides is 3. The summed E-state index contributed by atoms with van der Waals surface area (Å²) < 4.78 is 0. The maximum Gasteiger partial charge on any atom is 0.407 e. The van der Waals surface area contributed by atoms with Crippen LogP contribution < -0.4 is 11.1 Å². The molecular weight excluding hydrogens is 448 g/mol. The van der Waals surface area contributed by atoms with Gasteiger partial charge in [-0.15, -0.1) is 0 Å². The van der Waals surface area contributed by atoms with E-state index in [9.17, 15) is 19.5 Å².